The van der Waals surface area contributed by atoms with Gasteiger partial charge in [0.1, 0.15) is 0 Å². The maximum atomic E-state index is 6.13. The van der Waals surface area contributed by atoms with Crippen LogP contribution < -0.4 is 0 Å². The molecule has 0 aliphatic rings. The summed E-state index contributed by atoms with van der Waals surface area (Å²) in [4.78, 5) is 1.42. The number of thiophene rings is 1. The Morgan fingerprint density at radius 3 is 2.86 bits per heavy atom. The van der Waals surface area contributed by atoms with Crippen molar-refractivity contribution in [3.63, 3.8) is 0 Å². The Labute approximate surface area is 101 Å². The summed E-state index contributed by atoms with van der Waals surface area (Å²) in [5.41, 5.74) is 1.22. The lowest BCUT2D eigenvalue weighted by atomic mass is 10.2. The van der Waals surface area contributed by atoms with Gasteiger partial charge in [0.15, 0.2) is 0 Å². The Morgan fingerprint density at radius 2 is 2.21 bits per heavy atom. The van der Waals surface area contributed by atoms with Gasteiger partial charge in [-0.1, -0.05) is 40.5 Å². The van der Waals surface area contributed by atoms with Crippen molar-refractivity contribution in [2.45, 2.75) is 18.7 Å². The van der Waals surface area contributed by atoms with Gasteiger partial charge in [-0.25, -0.2) is 0 Å². The molecule has 0 radical (unpaired) electrons. The molecule has 14 heavy (non-hydrogen) atoms. The van der Waals surface area contributed by atoms with E-state index in [1.54, 1.807) is 0 Å². The van der Waals surface area contributed by atoms with Crippen molar-refractivity contribution in [3.8, 4) is 0 Å². The summed E-state index contributed by atoms with van der Waals surface area (Å²) < 4.78 is 1.33. The second kappa shape index (κ2) is 4.21. The molecule has 1 aromatic carbocycles. The van der Waals surface area contributed by atoms with Crippen molar-refractivity contribution in [3.05, 3.63) is 33.7 Å². The Kier molecular flexibility index (Phi) is 3.15. The molecule has 2 aromatic rings. The van der Waals surface area contributed by atoms with Crippen LogP contribution in [0, 0.1) is 0 Å². The molecule has 1 heterocycles. The van der Waals surface area contributed by atoms with E-state index in [-0.39, 0.29) is 0 Å². The third-order valence-corrected chi connectivity index (χ3v) is 4.54. The lowest BCUT2D eigenvalue weighted by Crippen LogP contribution is -1.78. The molecule has 1 aromatic heterocycles. The molecule has 74 valence electrons. The minimum Gasteiger partial charge on any atom is -0.140 e. The van der Waals surface area contributed by atoms with Crippen LogP contribution in [0.1, 0.15) is 17.4 Å². The van der Waals surface area contributed by atoms with Gasteiger partial charge in [0.2, 0.25) is 0 Å². The van der Waals surface area contributed by atoms with E-state index in [1.807, 2.05) is 17.4 Å². The number of hydrogen-bond acceptors (Lipinski definition) is 1. The van der Waals surface area contributed by atoms with Crippen LogP contribution >= 0.6 is 38.9 Å². The fourth-order valence-corrected chi connectivity index (χ4v) is 3.84. The molecule has 0 aliphatic heterocycles. The normalized spacial score (nSPS) is 11.1. The summed E-state index contributed by atoms with van der Waals surface area (Å²) in [6, 6.07) is 6.33. The number of hydrogen-bond donors (Lipinski definition) is 0. The first-order valence-corrected chi connectivity index (χ1v) is 6.83. The standard InChI is InChI=1S/C11H10BrClS/c1-2-8-5-7-3-4-10(13)9(6-12)11(7)14-8/h3-5H,2,6H2,1H3. The van der Waals surface area contributed by atoms with E-state index in [1.165, 1.54) is 20.5 Å². The molecule has 0 bridgehead atoms. The van der Waals surface area contributed by atoms with Crippen LogP contribution in [0.15, 0.2) is 18.2 Å². The summed E-state index contributed by atoms with van der Waals surface area (Å²) in [6.07, 6.45) is 1.10. The van der Waals surface area contributed by atoms with E-state index in [4.69, 9.17) is 11.6 Å². The van der Waals surface area contributed by atoms with Crippen molar-refractivity contribution >= 4 is 49.0 Å². The van der Waals surface area contributed by atoms with Crippen LogP contribution in [0.2, 0.25) is 5.02 Å². The minimum absolute atomic E-state index is 0.826. The largest absolute Gasteiger partial charge is 0.140 e. The van der Waals surface area contributed by atoms with E-state index in [9.17, 15) is 0 Å². The Morgan fingerprint density at radius 1 is 1.43 bits per heavy atom. The highest BCUT2D eigenvalue weighted by atomic mass is 79.9. The zero-order valence-corrected chi connectivity index (χ0v) is 11.0. The van der Waals surface area contributed by atoms with E-state index in [2.05, 4.69) is 35.0 Å². The molecule has 0 saturated carbocycles. The quantitative estimate of drug-likeness (QED) is 0.682. The van der Waals surface area contributed by atoms with Crippen LogP contribution in [0.5, 0.6) is 0 Å². The maximum Gasteiger partial charge on any atom is 0.0461 e. The number of rotatable bonds is 2. The molecule has 3 heteroatoms. The van der Waals surface area contributed by atoms with Crippen molar-refractivity contribution in [2.75, 3.05) is 0 Å². The average Bonchev–Trinajstić information content (AvgIpc) is 2.60. The zero-order chi connectivity index (χ0) is 10.1. The van der Waals surface area contributed by atoms with Crippen molar-refractivity contribution < 1.29 is 0 Å². The van der Waals surface area contributed by atoms with Gasteiger partial charge >= 0.3 is 0 Å². The highest BCUT2D eigenvalue weighted by molar-refractivity contribution is 9.08. The first-order chi connectivity index (χ1) is 6.76. The molecule has 0 atom stereocenters. The summed E-state index contributed by atoms with van der Waals surface area (Å²) in [5.74, 6) is 0. The predicted octanol–water partition coefficient (Wildman–Crippen LogP) is 5.01. The number of halogens is 2. The number of aryl methyl sites for hydroxylation is 1. The highest BCUT2D eigenvalue weighted by Crippen LogP contribution is 2.34. The first kappa shape index (κ1) is 10.5. The zero-order valence-electron chi connectivity index (χ0n) is 7.81. The predicted molar refractivity (Wildman–Crippen MR) is 68.8 cm³/mol. The second-order valence-electron chi connectivity index (χ2n) is 3.14. The molecule has 0 N–H and O–H groups in total. The Hall–Kier alpha value is -0.0500. The van der Waals surface area contributed by atoms with E-state index >= 15 is 0 Å². The Balaban J connectivity index is 2.73. The molecule has 0 fully saturated rings. The van der Waals surface area contributed by atoms with Gasteiger partial charge in [-0.15, -0.1) is 11.3 Å². The molecular formula is C11H10BrClS. The molecule has 2 rings (SSSR count). The fraction of sp³-hybridized carbons (Fsp3) is 0.273. The third-order valence-electron chi connectivity index (χ3n) is 2.27. The number of benzene rings is 1. The molecule has 0 nitrogen and oxygen atoms in total. The lowest BCUT2D eigenvalue weighted by Gasteiger charge is -2.00. The molecule has 0 unspecified atom stereocenters. The molecule has 0 amide bonds. The molecular weight excluding hydrogens is 280 g/mol. The van der Waals surface area contributed by atoms with Crippen molar-refractivity contribution in [2.24, 2.45) is 0 Å². The average molecular weight is 290 g/mol. The summed E-state index contributed by atoms with van der Waals surface area (Å²) >= 11 is 11.5. The van der Waals surface area contributed by atoms with Gasteiger partial charge in [-0.05, 0) is 29.5 Å². The van der Waals surface area contributed by atoms with Gasteiger partial charge in [0.05, 0.1) is 0 Å². The van der Waals surface area contributed by atoms with Gasteiger partial charge in [0, 0.05) is 19.9 Å². The Bertz CT molecular complexity index is 462. The molecule has 0 spiro atoms. The smallest absolute Gasteiger partial charge is 0.0461 e. The van der Waals surface area contributed by atoms with Crippen LogP contribution in [0.25, 0.3) is 10.1 Å². The molecule has 0 aliphatic carbocycles. The molecule has 0 saturated heterocycles. The van der Waals surface area contributed by atoms with Crippen LogP contribution in [-0.2, 0) is 11.8 Å². The van der Waals surface area contributed by atoms with Gasteiger partial charge < -0.3 is 0 Å². The summed E-state index contributed by atoms with van der Waals surface area (Å²) in [6.45, 7) is 2.18. The van der Waals surface area contributed by atoms with E-state index < -0.39 is 0 Å². The van der Waals surface area contributed by atoms with Gasteiger partial charge in [-0.2, -0.15) is 0 Å². The van der Waals surface area contributed by atoms with Crippen LogP contribution in [0.3, 0.4) is 0 Å². The minimum atomic E-state index is 0.826. The van der Waals surface area contributed by atoms with Crippen molar-refractivity contribution in [1.29, 1.82) is 0 Å². The topological polar surface area (TPSA) is 0 Å². The lowest BCUT2D eigenvalue weighted by molar-refractivity contribution is 1.19. The van der Waals surface area contributed by atoms with Crippen LogP contribution in [0.4, 0.5) is 0 Å². The van der Waals surface area contributed by atoms with Gasteiger partial charge in [0.25, 0.3) is 0 Å². The number of fused-ring (bicyclic) bond motifs is 1. The second-order valence-corrected chi connectivity index (χ2v) is 5.25. The van der Waals surface area contributed by atoms with Crippen LogP contribution in [-0.4, -0.2) is 0 Å². The van der Waals surface area contributed by atoms with E-state index in [0.29, 0.717) is 0 Å². The summed E-state index contributed by atoms with van der Waals surface area (Å²) in [5, 5.41) is 3.00. The van der Waals surface area contributed by atoms with Crippen molar-refractivity contribution in [1.82, 2.24) is 0 Å². The maximum absolute atomic E-state index is 6.13. The fourth-order valence-electron chi connectivity index (χ4n) is 1.49. The number of alkyl halides is 1. The monoisotopic (exact) mass is 288 g/mol. The van der Waals surface area contributed by atoms with Gasteiger partial charge in [-0.3, -0.25) is 0 Å². The highest BCUT2D eigenvalue weighted by Gasteiger charge is 2.08. The SMILES string of the molecule is CCc1cc2ccc(Cl)c(CBr)c2s1. The summed E-state index contributed by atoms with van der Waals surface area (Å²) in [7, 11) is 0. The van der Waals surface area contributed by atoms with E-state index in [0.717, 1.165) is 16.8 Å². The third kappa shape index (κ3) is 1.71. The first-order valence-electron chi connectivity index (χ1n) is 4.52.